The van der Waals surface area contributed by atoms with Crippen LogP contribution in [0, 0.1) is 0 Å². The van der Waals surface area contributed by atoms with E-state index < -0.39 is 0 Å². The molecule has 0 fully saturated rings. The zero-order valence-electron chi connectivity index (χ0n) is 14.2. The number of phenols is 1. The number of carbonyl (C=O) groups excluding carboxylic acids is 1. The molecule has 0 saturated heterocycles. The minimum Gasteiger partial charge on any atom is -0.507 e. The van der Waals surface area contributed by atoms with E-state index in [4.69, 9.17) is 0 Å². The van der Waals surface area contributed by atoms with Gasteiger partial charge in [0.2, 0.25) is 0 Å². The predicted molar refractivity (Wildman–Crippen MR) is 96.1 cm³/mol. The van der Waals surface area contributed by atoms with E-state index in [1.54, 1.807) is 11.0 Å². The number of hydrogen-bond donors (Lipinski definition) is 1. The molecule has 1 N–H and O–H groups in total. The number of allylic oxidation sites excluding steroid dienone is 1. The number of carbonyl (C=O) groups is 1. The van der Waals surface area contributed by atoms with E-state index in [1.807, 2.05) is 24.3 Å². The second kappa shape index (κ2) is 6.52. The first-order valence-electron chi connectivity index (χ1n) is 8.34. The summed E-state index contributed by atoms with van der Waals surface area (Å²) in [7, 11) is 0. The molecule has 0 bridgehead atoms. The molecule has 24 heavy (non-hydrogen) atoms. The van der Waals surface area contributed by atoms with Gasteiger partial charge >= 0.3 is 0 Å². The van der Waals surface area contributed by atoms with Crippen molar-refractivity contribution in [3.05, 3.63) is 76.9 Å². The van der Waals surface area contributed by atoms with Crippen LogP contribution in [-0.2, 0) is 19.5 Å². The highest BCUT2D eigenvalue weighted by Gasteiger charge is 2.27. The second-order valence-electron chi connectivity index (χ2n) is 6.65. The summed E-state index contributed by atoms with van der Waals surface area (Å²) in [5.41, 5.74) is 4.57. The van der Waals surface area contributed by atoms with E-state index in [1.165, 1.54) is 11.1 Å². The quantitative estimate of drug-likeness (QED) is 0.848. The van der Waals surface area contributed by atoms with Crippen LogP contribution < -0.4 is 0 Å². The molecule has 0 spiro atoms. The molecule has 124 valence electrons. The van der Waals surface area contributed by atoms with Crippen LogP contribution in [0.15, 0.2) is 49.1 Å². The van der Waals surface area contributed by atoms with Crippen LogP contribution in [0.3, 0.4) is 0 Å². The maximum absolute atomic E-state index is 13.0. The van der Waals surface area contributed by atoms with Crippen molar-refractivity contribution >= 4 is 5.91 Å². The highest BCUT2D eigenvalue weighted by Crippen LogP contribution is 2.32. The van der Waals surface area contributed by atoms with Crippen LogP contribution in [0.25, 0.3) is 0 Å². The average Bonchev–Trinajstić information content (AvgIpc) is 3.00. The molecule has 0 saturated carbocycles. The van der Waals surface area contributed by atoms with Gasteiger partial charge in [0.15, 0.2) is 0 Å². The van der Waals surface area contributed by atoms with Crippen LogP contribution in [0.4, 0.5) is 0 Å². The molecule has 0 aromatic heterocycles. The monoisotopic (exact) mass is 321 g/mol. The minimum absolute atomic E-state index is 0.0836. The average molecular weight is 321 g/mol. The van der Waals surface area contributed by atoms with Crippen molar-refractivity contribution in [2.45, 2.75) is 39.3 Å². The van der Waals surface area contributed by atoms with Gasteiger partial charge in [-0.2, -0.15) is 0 Å². The van der Waals surface area contributed by atoms with Gasteiger partial charge in [-0.25, -0.2) is 0 Å². The molecule has 3 heteroatoms. The molecule has 3 rings (SSSR count). The highest BCUT2D eigenvalue weighted by molar-refractivity contribution is 5.97. The predicted octanol–water partition coefficient (Wildman–Crippen LogP) is 4.40. The van der Waals surface area contributed by atoms with E-state index in [0.717, 1.165) is 11.1 Å². The van der Waals surface area contributed by atoms with Crippen LogP contribution in [-0.4, -0.2) is 15.9 Å². The number of phenolic OH excluding ortho intramolecular Hbond substituents is 1. The molecule has 1 amide bonds. The summed E-state index contributed by atoms with van der Waals surface area (Å²) in [4.78, 5) is 14.8. The lowest BCUT2D eigenvalue weighted by atomic mass is 9.95. The molecule has 0 unspecified atom stereocenters. The van der Waals surface area contributed by atoms with Gasteiger partial charge in [-0.05, 0) is 40.7 Å². The van der Waals surface area contributed by atoms with Crippen molar-refractivity contribution in [2.75, 3.05) is 0 Å². The largest absolute Gasteiger partial charge is 0.507 e. The molecule has 1 aliphatic heterocycles. The summed E-state index contributed by atoms with van der Waals surface area (Å²) in [6, 6.07) is 11.9. The summed E-state index contributed by atoms with van der Waals surface area (Å²) in [6.07, 6.45) is 2.30. The number of amides is 1. The molecule has 0 atom stereocenters. The van der Waals surface area contributed by atoms with Gasteiger partial charge in [-0.3, -0.25) is 4.79 Å². The smallest absolute Gasteiger partial charge is 0.258 e. The van der Waals surface area contributed by atoms with Crippen molar-refractivity contribution in [2.24, 2.45) is 0 Å². The normalized spacial score (nSPS) is 13.2. The molecule has 2 aromatic carbocycles. The van der Waals surface area contributed by atoms with E-state index in [0.29, 0.717) is 25.1 Å². The van der Waals surface area contributed by atoms with E-state index in [9.17, 15) is 9.90 Å². The lowest BCUT2D eigenvalue weighted by Gasteiger charge is -2.19. The SMILES string of the molecule is C=CCc1cc(C(C)C)cc(C(=O)N2Cc3ccccc3C2)c1O. The van der Waals surface area contributed by atoms with Crippen LogP contribution in [0.2, 0.25) is 0 Å². The van der Waals surface area contributed by atoms with E-state index in [-0.39, 0.29) is 17.6 Å². The minimum atomic E-state index is -0.114. The third-order valence-electron chi connectivity index (χ3n) is 4.60. The van der Waals surface area contributed by atoms with Gasteiger partial charge in [0.05, 0.1) is 5.56 Å². The number of benzene rings is 2. The van der Waals surface area contributed by atoms with Crippen molar-refractivity contribution in [3.63, 3.8) is 0 Å². The maximum atomic E-state index is 13.0. The summed E-state index contributed by atoms with van der Waals surface area (Å²) in [6.45, 7) is 9.11. The number of nitrogens with zero attached hydrogens (tertiary/aromatic N) is 1. The third kappa shape index (κ3) is 2.94. The van der Waals surface area contributed by atoms with Crippen LogP contribution in [0.1, 0.15) is 52.4 Å². The Bertz CT molecular complexity index is 767. The fourth-order valence-corrected chi connectivity index (χ4v) is 3.17. The third-order valence-corrected chi connectivity index (χ3v) is 4.60. The molecule has 0 aliphatic carbocycles. The first-order valence-corrected chi connectivity index (χ1v) is 8.34. The van der Waals surface area contributed by atoms with Gasteiger partial charge in [0, 0.05) is 13.1 Å². The number of hydrogen-bond acceptors (Lipinski definition) is 2. The van der Waals surface area contributed by atoms with Crippen molar-refractivity contribution in [1.82, 2.24) is 4.90 Å². The first kappa shape index (κ1) is 16.3. The molecule has 3 nitrogen and oxygen atoms in total. The van der Waals surface area contributed by atoms with Crippen molar-refractivity contribution < 1.29 is 9.90 Å². The summed E-state index contributed by atoms with van der Waals surface area (Å²) < 4.78 is 0. The Hall–Kier alpha value is -2.55. The Morgan fingerprint density at radius 3 is 2.42 bits per heavy atom. The molecular formula is C21H23NO2. The van der Waals surface area contributed by atoms with Gasteiger partial charge in [0.25, 0.3) is 5.91 Å². The number of rotatable bonds is 4. The Balaban J connectivity index is 1.96. The maximum Gasteiger partial charge on any atom is 0.258 e. The van der Waals surface area contributed by atoms with Gasteiger partial charge in [-0.1, -0.05) is 50.3 Å². The zero-order valence-corrected chi connectivity index (χ0v) is 14.2. The first-order chi connectivity index (χ1) is 11.5. The van der Waals surface area contributed by atoms with Crippen LogP contribution in [0.5, 0.6) is 5.75 Å². The molecular weight excluding hydrogens is 298 g/mol. The fourth-order valence-electron chi connectivity index (χ4n) is 3.17. The zero-order chi connectivity index (χ0) is 17.3. The summed E-state index contributed by atoms with van der Waals surface area (Å²) >= 11 is 0. The number of aromatic hydroxyl groups is 1. The topological polar surface area (TPSA) is 40.5 Å². The molecule has 0 radical (unpaired) electrons. The Labute approximate surface area is 143 Å². The van der Waals surface area contributed by atoms with Crippen molar-refractivity contribution in [1.29, 1.82) is 0 Å². The standard InChI is InChI=1S/C21H23NO2/c1-4-7-15-10-18(14(2)3)11-19(20(15)23)21(24)22-12-16-8-5-6-9-17(16)13-22/h4-6,8-11,14,23H,1,7,12-13H2,2-3H3. The summed E-state index contributed by atoms with van der Waals surface area (Å²) in [5.74, 6) is 0.258. The van der Waals surface area contributed by atoms with Crippen LogP contribution >= 0.6 is 0 Å². The van der Waals surface area contributed by atoms with Gasteiger partial charge < -0.3 is 10.0 Å². The Morgan fingerprint density at radius 2 is 1.88 bits per heavy atom. The Morgan fingerprint density at radius 1 is 1.25 bits per heavy atom. The van der Waals surface area contributed by atoms with E-state index in [2.05, 4.69) is 32.6 Å². The summed E-state index contributed by atoms with van der Waals surface area (Å²) in [5, 5.41) is 10.6. The second-order valence-corrected chi connectivity index (χ2v) is 6.65. The lowest BCUT2D eigenvalue weighted by molar-refractivity contribution is 0.0748. The van der Waals surface area contributed by atoms with Gasteiger partial charge in [0.1, 0.15) is 5.75 Å². The van der Waals surface area contributed by atoms with Crippen molar-refractivity contribution in [3.8, 4) is 5.75 Å². The number of fused-ring (bicyclic) bond motifs is 1. The molecule has 2 aromatic rings. The molecule has 1 heterocycles. The fraction of sp³-hybridized carbons (Fsp3) is 0.286. The molecule has 1 aliphatic rings. The van der Waals surface area contributed by atoms with Gasteiger partial charge in [-0.15, -0.1) is 6.58 Å². The lowest BCUT2D eigenvalue weighted by Crippen LogP contribution is -2.25. The Kier molecular flexibility index (Phi) is 4.43. The highest BCUT2D eigenvalue weighted by atomic mass is 16.3. The van der Waals surface area contributed by atoms with E-state index >= 15 is 0 Å².